The van der Waals surface area contributed by atoms with Crippen molar-refractivity contribution < 1.29 is 0 Å². The van der Waals surface area contributed by atoms with Crippen LogP contribution >= 0.6 is 28.6 Å². The van der Waals surface area contributed by atoms with Crippen molar-refractivity contribution in [1.29, 1.82) is 0 Å². The molecule has 3 aromatic rings. The molecule has 0 aliphatic rings. The van der Waals surface area contributed by atoms with Gasteiger partial charge in [0.15, 0.2) is 0 Å². The highest BCUT2D eigenvalue weighted by Gasteiger charge is 2.06. The van der Waals surface area contributed by atoms with E-state index in [0.717, 1.165) is 15.1 Å². The molecule has 2 aromatic carbocycles. The molecule has 1 aromatic heterocycles. The quantitative estimate of drug-likeness (QED) is 0.623. The number of halogens is 1. The number of thiol groups is 1. The maximum atomic E-state index is 4.50. The van der Waals surface area contributed by atoms with Crippen molar-refractivity contribution in [2.45, 2.75) is 4.90 Å². The Labute approximate surface area is 114 Å². The highest BCUT2D eigenvalue weighted by Crippen LogP contribution is 2.28. The van der Waals surface area contributed by atoms with Crippen molar-refractivity contribution in [2.24, 2.45) is 0 Å². The Hall–Kier alpha value is -1.19. The Bertz CT molecular complexity index is 688. The topological polar surface area (TPSA) is 4.93 Å². The second-order valence-corrected chi connectivity index (χ2v) is 5.18. The lowest BCUT2D eigenvalue weighted by Gasteiger charge is -2.08. The summed E-state index contributed by atoms with van der Waals surface area (Å²) in [5.74, 6) is 0. The minimum atomic E-state index is 0.977. The number of rotatable bonds is 1. The van der Waals surface area contributed by atoms with E-state index in [-0.39, 0.29) is 0 Å². The second-order valence-electron chi connectivity index (χ2n) is 3.85. The van der Waals surface area contributed by atoms with E-state index in [1.807, 2.05) is 24.3 Å². The molecule has 0 aliphatic heterocycles. The lowest BCUT2D eigenvalue weighted by Crippen LogP contribution is -1.92. The van der Waals surface area contributed by atoms with Gasteiger partial charge in [-0.3, -0.25) is 0 Å². The van der Waals surface area contributed by atoms with Crippen LogP contribution in [0.3, 0.4) is 0 Å². The molecule has 0 aliphatic carbocycles. The van der Waals surface area contributed by atoms with Gasteiger partial charge in [0.25, 0.3) is 0 Å². The van der Waals surface area contributed by atoms with Crippen molar-refractivity contribution in [3.63, 3.8) is 0 Å². The van der Waals surface area contributed by atoms with Gasteiger partial charge in [-0.05, 0) is 30.3 Å². The van der Waals surface area contributed by atoms with Crippen LogP contribution in [0.2, 0.25) is 0 Å². The first-order valence-corrected chi connectivity index (χ1v) is 6.55. The zero-order chi connectivity index (χ0) is 11.8. The van der Waals surface area contributed by atoms with Gasteiger partial charge in [-0.2, -0.15) is 0 Å². The number of nitrogens with zero attached hydrogens (tertiary/aromatic N) is 1. The molecule has 0 amide bonds. The fraction of sp³-hybridized carbons (Fsp3) is 0. The van der Waals surface area contributed by atoms with E-state index in [4.69, 9.17) is 0 Å². The zero-order valence-corrected chi connectivity index (χ0v) is 11.4. The van der Waals surface area contributed by atoms with Crippen molar-refractivity contribution in [3.8, 4) is 5.69 Å². The fourth-order valence-electron chi connectivity index (χ4n) is 2.01. The maximum Gasteiger partial charge on any atom is 0.0589 e. The molecule has 0 N–H and O–H groups in total. The van der Waals surface area contributed by atoms with Gasteiger partial charge in [0, 0.05) is 21.0 Å². The molecular formula is C14H10BrNS. The molecule has 0 saturated carbocycles. The summed E-state index contributed by atoms with van der Waals surface area (Å²) in [4.78, 5) is 0.977. The molecule has 0 unspecified atom stereocenters. The van der Waals surface area contributed by atoms with Crippen LogP contribution in [-0.4, -0.2) is 4.57 Å². The molecule has 1 heterocycles. The summed E-state index contributed by atoms with van der Waals surface area (Å²) in [6, 6.07) is 16.4. The number of hydrogen-bond donors (Lipinski definition) is 1. The van der Waals surface area contributed by atoms with Crippen LogP contribution in [0.15, 0.2) is 64.1 Å². The van der Waals surface area contributed by atoms with Crippen LogP contribution in [0.1, 0.15) is 0 Å². The number of fused-ring (bicyclic) bond motifs is 1. The molecule has 0 fully saturated rings. The monoisotopic (exact) mass is 303 g/mol. The number of hydrogen-bond acceptors (Lipinski definition) is 1. The van der Waals surface area contributed by atoms with E-state index in [2.05, 4.69) is 63.6 Å². The lowest BCUT2D eigenvalue weighted by atomic mass is 10.2. The maximum absolute atomic E-state index is 4.50. The van der Waals surface area contributed by atoms with E-state index in [0.29, 0.717) is 0 Å². The minimum absolute atomic E-state index is 0.977. The Morgan fingerprint density at radius 1 is 0.941 bits per heavy atom. The predicted molar refractivity (Wildman–Crippen MR) is 78.2 cm³/mol. The molecule has 17 heavy (non-hydrogen) atoms. The summed E-state index contributed by atoms with van der Waals surface area (Å²) in [5, 5.41) is 1.21. The Kier molecular flexibility index (Phi) is 2.73. The van der Waals surface area contributed by atoms with E-state index in [1.165, 1.54) is 10.9 Å². The van der Waals surface area contributed by atoms with Gasteiger partial charge in [-0.15, -0.1) is 12.6 Å². The van der Waals surface area contributed by atoms with E-state index >= 15 is 0 Å². The third-order valence-corrected chi connectivity index (χ3v) is 3.89. The predicted octanol–water partition coefficient (Wildman–Crippen LogP) is 4.68. The van der Waals surface area contributed by atoms with Gasteiger partial charge in [-0.1, -0.05) is 34.1 Å². The number of para-hydroxylation sites is 1. The van der Waals surface area contributed by atoms with Gasteiger partial charge in [0.05, 0.1) is 11.2 Å². The average Bonchev–Trinajstić information content (AvgIpc) is 2.75. The van der Waals surface area contributed by atoms with Gasteiger partial charge in [0.2, 0.25) is 0 Å². The van der Waals surface area contributed by atoms with Crippen LogP contribution in [0, 0.1) is 0 Å². The molecule has 0 bridgehead atoms. The van der Waals surface area contributed by atoms with Gasteiger partial charge < -0.3 is 4.57 Å². The summed E-state index contributed by atoms with van der Waals surface area (Å²) >= 11 is 8.07. The summed E-state index contributed by atoms with van der Waals surface area (Å²) in [6.45, 7) is 0. The SMILES string of the molecule is Sc1ccccc1-n1ccc2c(Br)cccc21. The molecule has 0 spiro atoms. The largest absolute Gasteiger partial charge is 0.315 e. The van der Waals surface area contributed by atoms with Crippen LogP contribution < -0.4 is 0 Å². The van der Waals surface area contributed by atoms with Gasteiger partial charge in [0.1, 0.15) is 0 Å². The highest BCUT2D eigenvalue weighted by atomic mass is 79.9. The normalized spacial score (nSPS) is 10.9. The van der Waals surface area contributed by atoms with E-state index < -0.39 is 0 Å². The van der Waals surface area contributed by atoms with Gasteiger partial charge in [-0.25, -0.2) is 0 Å². The van der Waals surface area contributed by atoms with Crippen LogP contribution in [0.25, 0.3) is 16.6 Å². The first-order chi connectivity index (χ1) is 8.27. The summed E-state index contributed by atoms with van der Waals surface area (Å²) < 4.78 is 3.27. The van der Waals surface area contributed by atoms with Crippen molar-refractivity contribution >= 4 is 39.5 Å². The van der Waals surface area contributed by atoms with Crippen LogP contribution in [-0.2, 0) is 0 Å². The van der Waals surface area contributed by atoms with Crippen LogP contribution in [0.4, 0.5) is 0 Å². The van der Waals surface area contributed by atoms with Gasteiger partial charge >= 0.3 is 0 Å². The number of benzene rings is 2. The molecule has 3 heteroatoms. The standard InChI is InChI=1S/C14H10BrNS/c15-11-4-3-6-12-10(11)8-9-16(12)13-5-1-2-7-14(13)17/h1-9,17H. The average molecular weight is 304 g/mol. The number of aromatic nitrogens is 1. The Morgan fingerprint density at radius 2 is 1.76 bits per heavy atom. The molecule has 0 atom stereocenters. The zero-order valence-electron chi connectivity index (χ0n) is 8.97. The second kappa shape index (κ2) is 4.24. The fourth-order valence-corrected chi connectivity index (χ4v) is 2.76. The third-order valence-electron chi connectivity index (χ3n) is 2.82. The molecule has 84 valence electrons. The molecule has 0 radical (unpaired) electrons. The Morgan fingerprint density at radius 3 is 2.59 bits per heavy atom. The molecular weight excluding hydrogens is 294 g/mol. The lowest BCUT2D eigenvalue weighted by molar-refractivity contribution is 1.08. The van der Waals surface area contributed by atoms with E-state index in [9.17, 15) is 0 Å². The van der Waals surface area contributed by atoms with Crippen molar-refractivity contribution in [2.75, 3.05) is 0 Å². The first kappa shape index (κ1) is 10.9. The molecule has 0 saturated heterocycles. The molecule has 1 nitrogen and oxygen atoms in total. The first-order valence-electron chi connectivity index (χ1n) is 5.31. The third kappa shape index (κ3) is 1.79. The minimum Gasteiger partial charge on any atom is -0.315 e. The van der Waals surface area contributed by atoms with E-state index in [1.54, 1.807) is 0 Å². The van der Waals surface area contributed by atoms with Crippen LogP contribution in [0.5, 0.6) is 0 Å². The molecule has 3 rings (SSSR count). The van der Waals surface area contributed by atoms with Crippen molar-refractivity contribution in [1.82, 2.24) is 4.57 Å². The Balaban J connectivity index is 2.33. The summed E-state index contributed by atoms with van der Waals surface area (Å²) in [7, 11) is 0. The van der Waals surface area contributed by atoms with Crippen molar-refractivity contribution in [3.05, 3.63) is 59.2 Å². The summed E-state index contributed by atoms with van der Waals surface area (Å²) in [6.07, 6.45) is 2.07. The summed E-state index contributed by atoms with van der Waals surface area (Å²) in [5.41, 5.74) is 2.28. The smallest absolute Gasteiger partial charge is 0.0589 e. The highest BCUT2D eigenvalue weighted by molar-refractivity contribution is 9.10.